The van der Waals surface area contributed by atoms with Crippen LogP contribution in [-0.4, -0.2) is 30.4 Å². The van der Waals surface area contributed by atoms with Crippen molar-refractivity contribution in [1.82, 2.24) is 10.2 Å². The number of hydrogen-bond acceptors (Lipinski definition) is 2. The van der Waals surface area contributed by atoms with Crippen molar-refractivity contribution in [3.05, 3.63) is 83.4 Å². The number of likely N-dealkylation sites (tertiary alicyclic amines) is 1. The van der Waals surface area contributed by atoms with Crippen molar-refractivity contribution >= 4 is 5.91 Å². The Morgan fingerprint density at radius 3 is 2.50 bits per heavy atom. The van der Waals surface area contributed by atoms with Crippen LogP contribution in [0.4, 0.5) is 0 Å². The highest BCUT2D eigenvalue weighted by Crippen LogP contribution is 2.23. The average molecular weight is 377 g/mol. The van der Waals surface area contributed by atoms with Crippen molar-refractivity contribution < 1.29 is 4.79 Å². The smallest absolute Gasteiger partial charge is 0.251 e. The molecular weight excluding hydrogens is 344 g/mol. The lowest BCUT2D eigenvalue weighted by Crippen LogP contribution is -2.27. The zero-order valence-electron chi connectivity index (χ0n) is 17.0. The van der Waals surface area contributed by atoms with Crippen LogP contribution in [0.3, 0.4) is 0 Å². The molecule has 3 rings (SSSR count). The Morgan fingerprint density at radius 1 is 1.11 bits per heavy atom. The molecule has 1 unspecified atom stereocenters. The largest absolute Gasteiger partial charge is 0.352 e. The normalized spacial score (nSPS) is 15.3. The van der Waals surface area contributed by atoms with Gasteiger partial charge in [0.25, 0.3) is 5.91 Å². The number of allylic oxidation sites excluding steroid dienone is 1. The second-order valence-electron chi connectivity index (χ2n) is 7.82. The van der Waals surface area contributed by atoms with Gasteiger partial charge < -0.3 is 5.32 Å². The van der Waals surface area contributed by atoms with Crippen LogP contribution < -0.4 is 5.32 Å². The Bertz CT molecular complexity index is 775. The zero-order valence-corrected chi connectivity index (χ0v) is 17.0. The first-order chi connectivity index (χ1) is 13.7. The number of carbonyl (C=O) groups is 1. The number of amides is 1. The number of carbonyl (C=O) groups excluding carboxylic acids is 1. The van der Waals surface area contributed by atoms with Crippen molar-refractivity contribution in [3.8, 4) is 0 Å². The summed E-state index contributed by atoms with van der Waals surface area (Å²) in [4.78, 5) is 15.2. The molecule has 1 amide bonds. The molecule has 28 heavy (non-hydrogen) atoms. The zero-order chi connectivity index (χ0) is 19.8. The molecule has 3 heteroatoms. The molecule has 1 atom stereocenters. The molecule has 1 saturated heterocycles. The number of rotatable bonds is 9. The molecular formula is C25H32N2O. The SMILES string of the molecule is C=CCC(C)c1ccccc1C(=O)NCCc1ccc(CN2CCCC2)cc1. The minimum atomic E-state index is 0.0113. The predicted octanol–water partition coefficient (Wildman–Crippen LogP) is 4.93. The van der Waals surface area contributed by atoms with Crippen LogP contribution >= 0.6 is 0 Å². The summed E-state index contributed by atoms with van der Waals surface area (Å²) in [6, 6.07) is 16.7. The molecule has 0 bridgehead atoms. The Hall–Kier alpha value is -2.39. The lowest BCUT2D eigenvalue weighted by molar-refractivity contribution is 0.0953. The Balaban J connectivity index is 1.51. The summed E-state index contributed by atoms with van der Waals surface area (Å²) in [6.07, 6.45) is 6.28. The van der Waals surface area contributed by atoms with Gasteiger partial charge in [-0.1, -0.05) is 55.5 Å². The molecule has 0 spiro atoms. The summed E-state index contributed by atoms with van der Waals surface area (Å²) in [6.45, 7) is 10.1. The molecule has 0 aromatic heterocycles. The van der Waals surface area contributed by atoms with E-state index in [1.807, 2.05) is 30.3 Å². The summed E-state index contributed by atoms with van der Waals surface area (Å²) < 4.78 is 0. The van der Waals surface area contributed by atoms with Crippen LogP contribution in [0.15, 0.2) is 61.2 Å². The van der Waals surface area contributed by atoms with Crippen LogP contribution in [0.1, 0.15) is 59.2 Å². The maximum absolute atomic E-state index is 12.7. The van der Waals surface area contributed by atoms with E-state index in [1.54, 1.807) is 0 Å². The molecule has 1 fully saturated rings. The number of nitrogens with zero attached hydrogens (tertiary/aromatic N) is 1. The number of nitrogens with one attached hydrogen (secondary N) is 1. The minimum Gasteiger partial charge on any atom is -0.352 e. The third-order valence-corrected chi connectivity index (χ3v) is 5.58. The van der Waals surface area contributed by atoms with E-state index >= 15 is 0 Å². The second-order valence-corrected chi connectivity index (χ2v) is 7.82. The molecule has 2 aromatic rings. The van der Waals surface area contributed by atoms with Gasteiger partial charge in [-0.25, -0.2) is 0 Å². The maximum Gasteiger partial charge on any atom is 0.251 e. The highest BCUT2D eigenvalue weighted by molar-refractivity contribution is 5.95. The van der Waals surface area contributed by atoms with Gasteiger partial charge in [-0.3, -0.25) is 9.69 Å². The van der Waals surface area contributed by atoms with Gasteiger partial charge in [0.1, 0.15) is 0 Å². The Kier molecular flexibility index (Phi) is 7.44. The number of hydrogen-bond donors (Lipinski definition) is 1. The van der Waals surface area contributed by atoms with Crippen molar-refractivity contribution in [1.29, 1.82) is 0 Å². The minimum absolute atomic E-state index is 0.0113. The fourth-order valence-corrected chi connectivity index (χ4v) is 3.94. The summed E-state index contributed by atoms with van der Waals surface area (Å²) >= 11 is 0. The van der Waals surface area contributed by atoms with E-state index in [1.165, 1.54) is 37.1 Å². The van der Waals surface area contributed by atoms with Crippen LogP contribution in [0.5, 0.6) is 0 Å². The van der Waals surface area contributed by atoms with Crippen LogP contribution in [0, 0.1) is 0 Å². The van der Waals surface area contributed by atoms with Crippen LogP contribution in [0.25, 0.3) is 0 Å². The van der Waals surface area contributed by atoms with Gasteiger partial charge in [0, 0.05) is 18.7 Å². The molecule has 0 saturated carbocycles. The van der Waals surface area contributed by atoms with Crippen LogP contribution in [0.2, 0.25) is 0 Å². The molecule has 3 nitrogen and oxygen atoms in total. The Morgan fingerprint density at radius 2 is 1.79 bits per heavy atom. The van der Waals surface area contributed by atoms with Crippen LogP contribution in [-0.2, 0) is 13.0 Å². The second kappa shape index (κ2) is 10.2. The fourth-order valence-electron chi connectivity index (χ4n) is 3.94. The van der Waals surface area contributed by atoms with Gasteiger partial charge in [-0.05, 0) is 67.4 Å². The standard InChI is InChI=1S/C25H32N2O/c1-3-8-20(2)23-9-4-5-10-24(23)25(28)26-16-15-21-11-13-22(14-12-21)19-27-17-6-7-18-27/h3-5,9-14,20H,1,6-8,15-19H2,2H3,(H,26,28). The molecule has 2 aromatic carbocycles. The summed E-state index contributed by atoms with van der Waals surface area (Å²) in [5.41, 5.74) is 4.50. The van der Waals surface area contributed by atoms with E-state index in [2.05, 4.69) is 48.0 Å². The highest BCUT2D eigenvalue weighted by Gasteiger charge is 2.15. The first kappa shape index (κ1) is 20.3. The summed E-state index contributed by atoms with van der Waals surface area (Å²) in [7, 11) is 0. The molecule has 1 aliphatic rings. The lowest BCUT2D eigenvalue weighted by Gasteiger charge is -2.15. The molecule has 1 aliphatic heterocycles. The van der Waals surface area contributed by atoms with E-state index in [0.29, 0.717) is 12.5 Å². The lowest BCUT2D eigenvalue weighted by atomic mass is 9.93. The van der Waals surface area contributed by atoms with E-state index in [4.69, 9.17) is 0 Å². The van der Waals surface area contributed by atoms with Gasteiger partial charge in [0.15, 0.2) is 0 Å². The van der Waals surface area contributed by atoms with E-state index < -0.39 is 0 Å². The third-order valence-electron chi connectivity index (χ3n) is 5.58. The van der Waals surface area contributed by atoms with E-state index in [0.717, 1.165) is 30.5 Å². The van der Waals surface area contributed by atoms with Gasteiger partial charge in [0.2, 0.25) is 0 Å². The summed E-state index contributed by atoms with van der Waals surface area (Å²) in [5.74, 6) is 0.305. The maximum atomic E-state index is 12.7. The monoisotopic (exact) mass is 376 g/mol. The molecule has 1 N–H and O–H groups in total. The topological polar surface area (TPSA) is 32.3 Å². The first-order valence-electron chi connectivity index (χ1n) is 10.5. The van der Waals surface area contributed by atoms with E-state index in [-0.39, 0.29) is 5.91 Å². The van der Waals surface area contributed by atoms with Crippen molar-refractivity contribution in [2.24, 2.45) is 0 Å². The molecule has 1 heterocycles. The van der Waals surface area contributed by atoms with E-state index in [9.17, 15) is 4.79 Å². The Labute approximate surface area is 169 Å². The van der Waals surface area contributed by atoms with Crippen molar-refractivity contribution in [2.45, 2.75) is 45.1 Å². The van der Waals surface area contributed by atoms with Gasteiger partial charge in [-0.2, -0.15) is 0 Å². The molecule has 0 aliphatic carbocycles. The summed E-state index contributed by atoms with van der Waals surface area (Å²) in [5, 5.41) is 3.09. The third kappa shape index (κ3) is 5.56. The average Bonchev–Trinajstić information content (AvgIpc) is 3.22. The highest BCUT2D eigenvalue weighted by atomic mass is 16.1. The van der Waals surface area contributed by atoms with Gasteiger partial charge in [-0.15, -0.1) is 6.58 Å². The quantitative estimate of drug-likeness (QED) is 0.629. The van der Waals surface area contributed by atoms with Gasteiger partial charge >= 0.3 is 0 Å². The van der Waals surface area contributed by atoms with Crippen molar-refractivity contribution in [2.75, 3.05) is 19.6 Å². The first-order valence-corrected chi connectivity index (χ1v) is 10.5. The van der Waals surface area contributed by atoms with Crippen molar-refractivity contribution in [3.63, 3.8) is 0 Å². The molecule has 148 valence electrons. The van der Waals surface area contributed by atoms with Gasteiger partial charge in [0.05, 0.1) is 0 Å². The molecule has 0 radical (unpaired) electrons. The number of benzene rings is 2. The predicted molar refractivity (Wildman–Crippen MR) is 117 cm³/mol. The fraction of sp³-hybridized carbons (Fsp3) is 0.400.